The maximum absolute atomic E-state index is 12.7. The van der Waals surface area contributed by atoms with E-state index in [1.165, 1.54) is 9.21 Å². The van der Waals surface area contributed by atoms with E-state index in [1.54, 1.807) is 75.6 Å². The lowest BCUT2D eigenvalue weighted by atomic mass is 10.2. The Morgan fingerprint density at radius 1 is 0.957 bits per heavy atom. The van der Waals surface area contributed by atoms with Gasteiger partial charge in [-0.05, 0) is 43.3 Å². The minimum atomic E-state index is -3.62. The molecule has 5 nitrogen and oxygen atoms in total. The molecule has 122 valence electrons. The number of anilines is 1. The Morgan fingerprint density at radius 3 is 2.00 bits per heavy atom. The molecule has 0 radical (unpaired) electrons. The van der Waals surface area contributed by atoms with Crippen LogP contribution >= 0.6 is 0 Å². The van der Waals surface area contributed by atoms with E-state index < -0.39 is 10.0 Å². The average molecular weight is 332 g/mol. The normalized spacial score (nSPS) is 11.1. The Kier molecular flexibility index (Phi) is 5.05. The maximum Gasteiger partial charge on any atom is 0.264 e. The van der Waals surface area contributed by atoms with E-state index >= 15 is 0 Å². The largest absolute Gasteiger partial charge is 0.345 e. The molecule has 0 aromatic heterocycles. The van der Waals surface area contributed by atoms with E-state index in [9.17, 15) is 13.2 Å². The van der Waals surface area contributed by atoms with E-state index in [-0.39, 0.29) is 10.8 Å². The van der Waals surface area contributed by atoms with Gasteiger partial charge >= 0.3 is 0 Å². The SMILES string of the molecule is CCN(c1ccc(C(=O)N(C)C)cc1)S(=O)(=O)c1ccccc1. The molecular weight excluding hydrogens is 312 g/mol. The number of benzene rings is 2. The summed E-state index contributed by atoms with van der Waals surface area (Å²) >= 11 is 0. The average Bonchev–Trinajstić information content (AvgIpc) is 2.56. The van der Waals surface area contributed by atoms with Crippen LogP contribution in [0.5, 0.6) is 0 Å². The van der Waals surface area contributed by atoms with E-state index in [0.29, 0.717) is 17.8 Å². The van der Waals surface area contributed by atoms with Crippen LogP contribution in [0.1, 0.15) is 17.3 Å². The van der Waals surface area contributed by atoms with E-state index in [1.807, 2.05) is 0 Å². The summed E-state index contributed by atoms with van der Waals surface area (Å²) in [5.74, 6) is -0.120. The number of hydrogen-bond acceptors (Lipinski definition) is 3. The van der Waals surface area contributed by atoms with Gasteiger partial charge in [0.2, 0.25) is 0 Å². The molecule has 2 rings (SSSR count). The highest BCUT2D eigenvalue weighted by atomic mass is 32.2. The molecule has 23 heavy (non-hydrogen) atoms. The predicted molar refractivity (Wildman–Crippen MR) is 91.1 cm³/mol. The number of amides is 1. The van der Waals surface area contributed by atoms with Gasteiger partial charge in [0.15, 0.2) is 0 Å². The third-order valence-electron chi connectivity index (χ3n) is 3.43. The predicted octanol–water partition coefficient (Wildman–Crippen LogP) is 2.60. The lowest BCUT2D eigenvalue weighted by molar-refractivity contribution is 0.0827. The van der Waals surface area contributed by atoms with Crippen molar-refractivity contribution in [3.63, 3.8) is 0 Å². The zero-order valence-electron chi connectivity index (χ0n) is 13.4. The number of rotatable bonds is 5. The molecule has 0 aliphatic heterocycles. The second kappa shape index (κ2) is 6.83. The fourth-order valence-corrected chi connectivity index (χ4v) is 3.73. The molecule has 0 spiro atoms. The third kappa shape index (κ3) is 3.53. The highest BCUT2D eigenvalue weighted by molar-refractivity contribution is 7.92. The molecule has 0 bridgehead atoms. The summed E-state index contributed by atoms with van der Waals surface area (Å²) < 4.78 is 26.8. The van der Waals surface area contributed by atoms with Crippen molar-refractivity contribution in [1.29, 1.82) is 0 Å². The van der Waals surface area contributed by atoms with E-state index in [2.05, 4.69) is 0 Å². The van der Waals surface area contributed by atoms with Gasteiger partial charge in [-0.2, -0.15) is 0 Å². The molecule has 1 amide bonds. The van der Waals surface area contributed by atoms with Gasteiger partial charge in [-0.3, -0.25) is 9.10 Å². The molecule has 0 aliphatic rings. The topological polar surface area (TPSA) is 57.7 Å². The number of carbonyl (C=O) groups is 1. The second-order valence-corrected chi connectivity index (χ2v) is 7.09. The quantitative estimate of drug-likeness (QED) is 0.846. The van der Waals surface area contributed by atoms with Crippen LogP contribution in [0.4, 0.5) is 5.69 Å². The van der Waals surface area contributed by atoms with E-state index in [4.69, 9.17) is 0 Å². The lowest BCUT2D eigenvalue weighted by Gasteiger charge is -2.23. The lowest BCUT2D eigenvalue weighted by Crippen LogP contribution is -2.30. The Morgan fingerprint density at radius 2 is 1.52 bits per heavy atom. The van der Waals surface area contributed by atoms with Gasteiger partial charge in [0, 0.05) is 26.2 Å². The first-order chi connectivity index (χ1) is 10.9. The number of nitrogens with zero attached hydrogens (tertiary/aromatic N) is 2. The van der Waals surface area contributed by atoms with Gasteiger partial charge in [0.1, 0.15) is 0 Å². The van der Waals surface area contributed by atoms with Crippen molar-refractivity contribution in [2.24, 2.45) is 0 Å². The van der Waals surface area contributed by atoms with Gasteiger partial charge in [0.25, 0.3) is 15.9 Å². The standard InChI is InChI=1S/C17H20N2O3S/c1-4-19(23(21,22)16-8-6-5-7-9-16)15-12-10-14(11-13-15)17(20)18(2)3/h5-13H,4H2,1-3H3. The third-order valence-corrected chi connectivity index (χ3v) is 5.34. The van der Waals surface area contributed by atoms with Gasteiger partial charge in [0.05, 0.1) is 10.6 Å². The summed E-state index contributed by atoms with van der Waals surface area (Å²) in [5.41, 5.74) is 1.05. The summed E-state index contributed by atoms with van der Waals surface area (Å²) in [6.07, 6.45) is 0. The Balaban J connectivity index is 2.37. The highest BCUT2D eigenvalue weighted by Gasteiger charge is 2.23. The van der Waals surface area contributed by atoms with Crippen molar-refractivity contribution < 1.29 is 13.2 Å². The van der Waals surface area contributed by atoms with Crippen molar-refractivity contribution >= 4 is 21.6 Å². The van der Waals surface area contributed by atoms with Crippen LogP contribution in [0.15, 0.2) is 59.5 Å². The molecule has 0 unspecified atom stereocenters. The first-order valence-corrected chi connectivity index (χ1v) is 8.71. The molecule has 0 heterocycles. The van der Waals surface area contributed by atoms with Crippen LogP contribution in [0.25, 0.3) is 0 Å². The monoisotopic (exact) mass is 332 g/mol. The summed E-state index contributed by atoms with van der Waals surface area (Å²) in [4.78, 5) is 13.6. The molecule has 0 atom stereocenters. The number of sulfonamides is 1. The number of hydrogen-bond donors (Lipinski definition) is 0. The van der Waals surface area contributed by atoms with Gasteiger partial charge in [-0.25, -0.2) is 8.42 Å². The minimum absolute atomic E-state index is 0.120. The molecule has 0 saturated heterocycles. The Labute approximate surface area is 137 Å². The second-order valence-electron chi connectivity index (χ2n) is 5.23. The fraction of sp³-hybridized carbons (Fsp3) is 0.235. The summed E-state index contributed by atoms with van der Waals surface area (Å²) in [6.45, 7) is 2.08. The van der Waals surface area contributed by atoms with Crippen molar-refractivity contribution in [1.82, 2.24) is 4.90 Å². The first-order valence-electron chi connectivity index (χ1n) is 7.27. The molecule has 6 heteroatoms. The van der Waals surface area contributed by atoms with E-state index in [0.717, 1.165) is 0 Å². The molecular formula is C17H20N2O3S. The number of carbonyl (C=O) groups excluding carboxylic acids is 1. The maximum atomic E-state index is 12.7. The van der Waals surface area contributed by atoms with Crippen molar-refractivity contribution in [3.8, 4) is 0 Å². The summed E-state index contributed by atoms with van der Waals surface area (Å²) in [5, 5.41) is 0. The Bertz CT molecular complexity index is 769. The van der Waals surface area contributed by atoms with Gasteiger partial charge < -0.3 is 4.90 Å². The molecule has 2 aromatic rings. The van der Waals surface area contributed by atoms with Gasteiger partial charge in [-0.15, -0.1) is 0 Å². The first kappa shape index (κ1) is 17.0. The molecule has 0 N–H and O–H groups in total. The Hall–Kier alpha value is -2.34. The summed E-state index contributed by atoms with van der Waals surface area (Å²) in [6, 6.07) is 14.9. The fourth-order valence-electron chi connectivity index (χ4n) is 2.24. The zero-order chi connectivity index (χ0) is 17.0. The molecule has 0 fully saturated rings. The van der Waals surface area contributed by atoms with Crippen molar-refractivity contribution in [2.45, 2.75) is 11.8 Å². The minimum Gasteiger partial charge on any atom is -0.345 e. The molecule has 2 aromatic carbocycles. The van der Waals surface area contributed by atoms with Crippen molar-refractivity contribution in [3.05, 3.63) is 60.2 Å². The van der Waals surface area contributed by atoms with Crippen LogP contribution in [0.3, 0.4) is 0 Å². The van der Waals surface area contributed by atoms with Crippen LogP contribution in [0.2, 0.25) is 0 Å². The smallest absolute Gasteiger partial charge is 0.264 e. The van der Waals surface area contributed by atoms with Gasteiger partial charge in [-0.1, -0.05) is 18.2 Å². The van der Waals surface area contributed by atoms with Crippen LogP contribution < -0.4 is 4.31 Å². The van der Waals surface area contributed by atoms with Crippen LogP contribution in [-0.2, 0) is 10.0 Å². The van der Waals surface area contributed by atoms with Crippen LogP contribution in [0, 0.1) is 0 Å². The zero-order valence-corrected chi connectivity index (χ0v) is 14.2. The molecule has 0 aliphatic carbocycles. The van der Waals surface area contributed by atoms with Crippen LogP contribution in [-0.4, -0.2) is 39.9 Å². The molecule has 0 saturated carbocycles. The highest BCUT2D eigenvalue weighted by Crippen LogP contribution is 2.23. The summed E-state index contributed by atoms with van der Waals surface area (Å²) in [7, 11) is -0.266. The van der Waals surface area contributed by atoms with Crippen molar-refractivity contribution in [2.75, 3.05) is 24.9 Å².